The van der Waals surface area contributed by atoms with E-state index in [9.17, 15) is 0 Å². The smallest absolute Gasteiger partial charge is 0.0547 e. The molecule has 2 nitrogen and oxygen atoms in total. The Bertz CT molecular complexity index is 2670. The summed E-state index contributed by atoms with van der Waals surface area (Å²) >= 11 is 0. The summed E-state index contributed by atoms with van der Waals surface area (Å²) in [6.07, 6.45) is 8.08. The molecule has 6 aromatic carbocycles. The van der Waals surface area contributed by atoms with Crippen molar-refractivity contribution < 1.29 is 0 Å². The summed E-state index contributed by atoms with van der Waals surface area (Å²) in [5.41, 5.74) is 15.4. The van der Waals surface area contributed by atoms with Crippen molar-refractivity contribution in [2.24, 2.45) is 5.92 Å². The highest BCUT2D eigenvalue weighted by atomic mass is 15.0. The van der Waals surface area contributed by atoms with Crippen LogP contribution < -0.4 is 0 Å². The first-order valence-corrected chi connectivity index (χ1v) is 17.2. The zero-order valence-electron chi connectivity index (χ0n) is 27.5. The molecule has 0 bridgehead atoms. The molecule has 0 N–H and O–H groups in total. The van der Waals surface area contributed by atoms with Gasteiger partial charge in [0, 0.05) is 38.3 Å². The second-order valence-electron chi connectivity index (χ2n) is 14.3. The van der Waals surface area contributed by atoms with Crippen molar-refractivity contribution in [3.8, 4) is 27.9 Å². The zero-order valence-corrected chi connectivity index (χ0v) is 27.5. The van der Waals surface area contributed by atoms with Crippen molar-refractivity contribution in [1.29, 1.82) is 0 Å². The second kappa shape index (κ2) is 9.95. The molecule has 2 heteroatoms. The summed E-state index contributed by atoms with van der Waals surface area (Å²) in [6.45, 7) is 7.01. The van der Waals surface area contributed by atoms with Gasteiger partial charge >= 0.3 is 0 Å². The maximum Gasteiger partial charge on any atom is 0.0547 e. The van der Waals surface area contributed by atoms with E-state index in [1.165, 1.54) is 88.4 Å². The quantitative estimate of drug-likeness (QED) is 0.187. The van der Waals surface area contributed by atoms with Crippen LogP contribution in [0.2, 0.25) is 0 Å². The molecule has 230 valence electrons. The normalized spacial score (nSPS) is 16.6. The standard InChI is InChI=1S/C46H36N2/c1-29-16-21-32(22-17-29)47-42-14-8-5-11-35(42)37-25-20-31(26-44(37)47)30-18-23-33(24-19-30)48-43-15-9-6-12-36(43)39-27-41-38(28-45(39)48)34-10-4-7-13-40(34)46(41,2)3/h4-16,18-29H,17H2,1-3H3. The highest BCUT2D eigenvalue weighted by Crippen LogP contribution is 2.51. The molecule has 2 aliphatic rings. The third kappa shape index (κ3) is 3.80. The lowest BCUT2D eigenvalue weighted by Gasteiger charge is -2.21. The third-order valence-corrected chi connectivity index (χ3v) is 11.1. The van der Waals surface area contributed by atoms with E-state index in [0.29, 0.717) is 5.92 Å². The molecule has 48 heavy (non-hydrogen) atoms. The molecule has 0 radical (unpaired) electrons. The summed E-state index contributed by atoms with van der Waals surface area (Å²) in [7, 11) is 0. The minimum Gasteiger partial charge on any atom is -0.310 e. The Morgan fingerprint density at radius 3 is 1.96 bits per heavy atom. The van der Waals surface area contributed by atoms with E-state index in [1.54, 1.807) is 0 Å². The molecule has 0 fully saturated rings. The SMILES string of the molecule is CC1C=CC(n2c3ccccc3c3ccc(-c4ccc(-n5c6ccccc6c6cc7c(cc65)-c5ccccc5C7(C)C)cc4)cc32)=CC1. The summed E-state index contributed by atoms with van der Waals surface area (Å²) in [5.74, 6) is 0.578. The van der Waals surface area contributed by atoms with Gasteiger partial charge < -0.3 is 9.13 Å². The van der Waals surface area contributed by atoms with Crippen LogP contribution in [0.3, 0.4) is 0 Å². The minimum absolute atomic E-state index is 0.0278. The summed E-state index contributed by atoms with van der Waals surface area (Å²) in [5, 5.41) is 5.20. The Kier molecular flexibility index (Phi) is 5.70. The third-order valence-electron chi connectivity index (χ3n) is 11.1. The minimum atomic E-state index is -0.0278. The molecule has 1 unspecified atom stereocenters. The monoisotopic (exact) mass is 616 g/mol. The van der Waals surface area contributed by atoms with Crippen molar-refractivity contribution in [1.82, 2.24) is 9.13 Å². The van der Waals surface area contributed by atoms with Gasteiger partial charge in [-0.25, -0.2) is 0 Å². The number of aromatic nitrogens is 2. The first kappa shape index (κ1) is 27.5. The average molecular weight is 617 g/mol. The van der Waals surface area contributed by atoms with Gasteiger partial charge in [-0.05, 0) is 94.3 Å². The predicted octanol–water partition coefficient (Wildman–Crippen LogP) is 12.3. The van der Waals surface area contributed by atoms with Crippen LogP contribution in [-0.2, 0) is 5.41 Å². The maximum absolute atomic E-state index is 2.46. The molecule has 0 amide bonds. The van der Waals surface area contributed by atoms with Gasteiger partial charge in [-0.1, -0.05) is 118 Å². The molecule has 8 aromatic rings. The van der Waals surface area contributed by atoms with E-state index in [2.05, 4.69) is 176 Å². The van der Waals surface area contributed by atoms with E-state index >= 15 is 0 Å². The van der Waals surface area contributed by atoms with E-state index in [1.807, 2.05) is 0 Å². The Balaban J connectivity index is 1.12. The second-order valence-corrected chi connectivity index (χ2v) is 14.3. The van der Waals surface area contributed by atoms with Gasteiger partial charge in [0.25, 0.3) is 0 Å². The molecule has 2 aliphatic carbocycles. The van der Waals surface area contributed by atoms with Crippen LogP contribution in [0, 0.1) is 5.92 Å². The molecule has 0 spiro atoms. The molecular weight excluding hydrogens is 581 g/mol. The zero-order chi connectivity index (χ0) is 32.1. The Morgan fingerprint density at radius 1 is 0.542 bits per heavy atom. The van der Waals surface area contributed by atoms with Crippen molar-refractivity contribution in [3.63, 3.8) is 0 Å². The topological polar surface area (TPSA) is 9.86 Å². The number of hydrogen-bond acceptors (Lipinski definition) is 0. The van der Waals surface area contributed by atoms with Gasteiger partial charge in [0.2, 0.25) is 0 Å². The Morgan fingerprint density at radius 2 is 1.19 bits per heavy atom. The summed E-state index contributed by atoms with van der Waals surface area (Å²) < 4.78 is 4.90. The van der Waals surface area contributed by atoms with Gasteiger partial charge in [0.05, 0.1) is 22.1 Å². The molecule has 0 saturated carbocycles. The molecule has 2 aromatic heterocycles. The van der Waals surface area contributed by atoms with Gasteiger partial charge in [-0.2, -0.15) is 0 Å². The van der Waals surface area contributed by atoms with Crippen LogP contribution in [0.25, 0.3) is 77.2 Å². The fourth-order valence-electron chi connectivity index (χ4n) is 8.55. The van der Waals surface area contributed by atoms with Crippen LogP contribution in [-0.4, -0.2) is 9.13 Å². The highest BCUT2D eigenvalue weighted by molar-refractivity contribution is 6.12. The van der Waals surface area contributed by atoms with Crippen molar-refractivity contribution in [2.45, 2.75) is 32.6 Å². The Labute approximate surface area is 280 Å². The molecule has 10 rings (SSSR count). The van der Waals surface area contributed by atoms with E-state index in [-0.39, 0.29) is 5.41 Å². The van der Waals surface area contributed by atoms with E-state index < -0.39 is 0 Å². The first-order chi connectivity index (χ1) is 23.5. The van der Waals surface area contributed by atoms with Crippen LogP contribution in [0.1, 0.15) is 38.3 Å². The molecule has 0 saturated heterocycles. The largest absolute Gasteiger partial charge is 0.310 e. The van der Waals surface area contributed by atoms with Crippen LogP contribution >= 0.6 is 0 Å². The number of hydrogen-bond donors (Lipinski definition) is 0. The van der Waals surface area contributed by atoms with E-state index in [4.69, 9.17) is 0 Å². The number of rotatable bonds is 3. The number of benzene rings is 6. The van der Waals surface area contributed by atoms with Crippen LogP contribution in [0.15, 0.2) is 146 Å². The Hall–Kier alpha value is -5.60. The number of para-hydroxylation sites is 2. The summed E-state index contributed by atoms with van der Waals surface area (Å²) in [6, 6.07) is 47.6. The average Bonchev–Trinajstić information content (AvgIpc) is 3.71. The predicted molar refractivity (Wildman–Crippen MR) is 204 cm³/mol. The van der Waals surface area contributed by atoms with Gasteiger partial charge in [-0.3, -0.25) is 0 Å². The lowest BCUT2D eigenvalue weighted by Crippen LogP contribution is -2.14. The van der Waals surface area contributed by atoms with Gasteiger partial charge in [-0.15, -0.1) is 0 Å². The van der Waals surface area contributed by atoms with E-state index in [0.717, 1.165) is 6.42 Å². The number of allylic oxidation sites excluding steroid dienone is 4. The molecule has 1 atom stereocenters. The van der Waals surface area contributed by atoms with Crippen molar-refractivity contribution in [3.05, 3.63) is 157 Å². The highest BCUT2D eigenvalue weighted by Gasteiger charge is 2.36. The fourth-order valence-corrected chi connectivity index (χ4v) is 8.55. The lowest BCUT2D eigenvalue weighted by molar-refractivity contribution is 0.661. The van der Waals surface area contributed by atoms with Crippen LogP contribution in [0.4, 0.5) is 0 Å². The summed E-state index contributed by atoms with van der Waals surface area (Å²) in [4.78, 5) is 0. The van der Waals surface area contributed by atoms with Gasteiger partial charge in [0.1, 0.15) is 0 Å². The number of nitrogens with zero attached hydrogens (tertiary/aromatic N) is 2. The first-order valence-electron chi connectivity index (χ1n) is 17.2. The molecule has 0 aliphatic heterocycles. The molecule has 2 heterocycles. The lowest BCUT2D eigenvalue weighted by atomic mass is 9.82. The fraction of sp³-hybridized carbons (Fsp3) is 0.130. The van der Waals surface area contributed by atoms with Crippen LogP contribution in [0.5, 0.6) is 0 Å². The van der Waals surface area contributed by atoms with Crippen molar-refractivity contribution in [2.75, 3.05) is 0 Å². The van der Waals surface area contributed by atoms with Crippen molar-refractivity contribution >= 4 is 49.3 Å². The maximum atomic E-state index is 2.46. The molecular formula is C46H36N2. The number of fused-ring (bicyclic) bond motifs is 9. The van der Waals surface area contributed by atoms with Gasteiger partial charge in [0.15, 0.2) is 0 Å².